The second-order valence-corrected chi connectivity index (χ2v) is 8.68. The molecule has 1 aromatic heterocycles. The summed E-state index contributed by atoms with van der Waals surface area (Å²) < 4.78 is 25.3. The van der Waals surface area contributed by atoms with Crippen molar-refractivity contribution in [2.75, 3.05) is 25.9 Å². The summed E-state index contributed by atoms with van der Waals surface area (Å²) in [5.41, 5.74) is 0. The van der Waals surface area contributed by atoms with Crippen molar-refractivity contribution >= 4 is 15.8 Å². The van der Waals surface area contributed by atoms with Gasteiger partial charge in [-0.15, -0.1) is 10.2 Å². The van der Waals surface area contributed by atoms with Crippen LogP contribution in [0.3, 0.4) is 0 Å². The third-order valence-corrected chi connectivity index (χ3v) is 6.53. The molecule has 0 bridgehead atoms. The molecule has 0 saturated carbocycles. The van der Waals surface area contributed by atoms with E-state index in [2.05, 4.69) is 20.5 Å². The standard InChI is InChI=1S/C13H24N6O2S/c1-5-18-10-16-17-11(18)8-15-12(14-4)19-6-7-22(20,21)13(2,3)9-19/h10H,5-9H2,1-4H3,(H,14,15). The van der Waals surface area contributed by atoms with E-state index < -0.39 is 14.6 Å². The van der Waals surface area contributed by atoms with Gasteiger partial charge in [0.05, 0.1) is 17.0 Å². The fourth-order valence-corrected chi connectivity index (χ4v) is 3.86. The van der Waals surface area contributed by atoms with E-state index in [9.17, 15) is 8.42 Å². The zero-order valence-corrected chi connectivity index (χ0v) is 14.4. The SMILES string of the molecule is CCn1cnnc1CNC(=NC)N1CCS(=O)(=O)C(C)(C)C1. The zero-order chi connectivity index (χ0) is 16.4. The minimum atomic E-state index is -3.06. The summed E-state index contributed by atoms with van der Waals surface area (Å²) in [6.07, 6.45) is 1.69. The molecule has 0 amide bonds. The number of aryl methyl sites for hydroxylation is 1. The van der Waals surface area contributed by atoms with Crippen LogP contribution in [0.1, 0.15) is 26.6 Å². The third-order valence-electron chi connectivity index (χ3n) is 4.00. The van der Waals surface area contributed by atoms with E-state index in [1.165, 1.54) is 0 Å². The Hall–Kier alpha value is -1.64. The van der Waals surface area contributed by atoms with Gasteiger partial charge in [0.25, 0.3) is 0 Å². The Bertz CT molecular complexity index is 649. The van der Waals surface area contributed by atoms with Gasteiger partial charge in [0.15, 0.2) is 21.6 Å². The first kappa shape index (κ1) is 16.7. The molecule has 2 heterocycles. The number of hydrogen-bond acceptors (Lipinski definition) is 5. The Balaban J connectivity index is 2.04. The molecule has 22 heavy (non-hydrogen) atoms. The molecule has 9 heteroatoms. The van der Waals surface area contributed by atoms with Crippen LogP contribution in [0.2, 0.25) is 0 Å². The molecule has 124 valence electrons. The molecule has 1 aliphatic rings. The summed E-state index contributed by atoms with van der Waals surface area (Å²) in [5.74, 6) is 1.66. The highest BCUT2D eigenvalue weighted by atomic mass is 32.2. The summed E-state index contributed by atoms with van der Waals surface area (Å²) in [5, 5.41) is 11.2. The average Bonchev–Trinajstić information content (AvgIpc) is 2.91. The molecule has 1 N–H and O–H groups in total. The molecule has 0 aliphatic carbocycles. The van der Waals surface area contributed by atoms with Crippen LogP contribution >= 0.6 is 0 Å². The quantitative estimate of drug-likeness (QED) is 0.614. The molecule has 2 rings (SSSR count). The lowest BCUT2D eigenvalue weighted by atomic mass is 10.2. The lowest BCUT2D eigenvalue weighted by Gasteiger charge is -2.39. The van der Waals surface area contributed by atoms with Gasteiger partial charge in [-0.3, -0.25) is 4.99 Å². The fraction of sp³-hybridized carbons (Fsp3) is 0.769. The van der Waals surface area contributed by atoms with Crippen molar-refractivity contribution in [2.45, 2.75) is 38.6 Å². The van der Waals surface area contributed by atoms with E-state index in [1.54, 1.807) is 27.2 Å². The number of rotatable bonds is 3. The Kier molecular flexibility index (Phi) is 4.74. The summed E-state index contributed by atoms with van der Waals surface area (Å²) in [6.45, 7) is 7.73. The number of nitrogens with zero attached hydrogens (tertiary/aromatic N) is 5. The second kappa shape index (κ2) is 6.23. The van der Waals surface area contributed by atoms with E-state index in [1.807, 2.05) is 16.4 Å². The van der Waals surface area contributed by atoms with Crippen LogP contribution in [-0.2, 0) is 22.9 Å². The van der Waals surface area contributed by atoms with Gasteiger partial charge in [-0.25, -0.2) is 8.42 Å². The Morgan fingerprint density at radius 3 is 2.82 bits per heavy atom. The van der Waals surface area contributed by atoms with Crippen molar-refractivity contribution in [3.05, 3.63) is 12.2 Å². The van der Waals surface area contributed by atoms with Crippen LogP contribution in [0.15, 0.2) is 11.3 Å². The Labute approximate surface area is 131 Å². The highest BCUT2D eigenvalue weighted by Gasteiger charge is 2.40. The molecule has 8 nitrogen and oxygen atoms in total. The van der Waals surface area contributed by atoms with E-state index in [0.29, 0.717) is 25.6 Å². The van der Waals surface area contributed by atoms with Crippen molar-refractivity contribution in [3.63, 3.8) is 0 Å². The largest absolute Gasteiger partial charge is 0.349 e. The van der Waals surface area contributed by atoms with Gasteiger partial charge in [-0.2, -0.15) is 0 Å². The molecule has 1 aliphatic heterocycles. The topological polar surface area (TPSA) is 92.5 Å². The first-order valence-corrected chi connectivity index (χ1v) is 9.00. The highest BCUT2D eigenvalue weighted by molar-refractivity contribution is 7.92. The van der Waals surface area contributed by atoms with Crippen LogP contribution in [0.5, 0.6) is 0 Å². The van der Waals surface area contributed by atoms with Crippen LogP contribution in [0.4, 0.5) is 0 Å². The highest BCUT2D eigenvalue weighted by Crippen LogP contribution is 2.23. The molecule has 0 spiro atoms. The number of sulfone groups is 1. The molecule has 1 aromatic rings. The third kappa shape index (κ3) is 3.23. The van der Waals surface area contributed by atoms with E-state index in [0.717, 1.165) is 12.4 Å². The molecule has 0 aromatic carbocycles. The first-order valence-electron chi connectivity index (χ1n) is 7.35. The molecule has 1 fully saturated rings. The van der Waals surface area contributed by atoms with Crippen molar-refractivity contribution in [1.82, 2.24) is 25.0 Å². The van der Waals surface area contributed by atoms with Gasteiger partial charge in [0.2, 0.25) is 0 Å². The number of aliphatic imine (C=N–C) groups is 1. The first-order chi connectivity index (χ1) is 10.3. The van der Waals surface area contributed by atoms with Gasteiger partial charge in [-0.1, -0.05) is 0 Å². The normalized spacial score (nSPS) is 20.9. The van der Waals surface area contributed by atoms with Crippen LogP contribution < -0.4 is 5.32 Å². The van der Waals surface area contributed by atoms with Crippen molar-refractivity contribution in [1.29, 1.82) is 0 Å². The lowest BCUT2D eigenvalue weighted by Crippen LogP contribution is -2.57. The molecule has 0 unspecified atom stereocenters. The minimum Gasteiger partial charge on any atom is -0.349 e. The number of guanidine groups is 1. The molecular weight excluding hydrogens is 304 g/mol. The van der Waals surface area contributed by atoms with Gasteiger partial charge < -0.3 is 14.8 Å². The molecule has 0 radical (unpaired) electrons. The van der Waals surface area contributed by atoms with Gasteiger partial charge >= 0.3 is 0 Å². The predicted octanol–water partition coefficient (Wildman–Crippen LogP) is -0.118. The summed E-state index contributed by atoms with van der Waals surface area (Å²) >= 11 is 0. The van der Waals surface area contributed by atoms with E-state index >= 15 is 0 Å². The van der Waals surface area contributed by atoms with Crippen molar-refractivity contribution in [3.8, 4) is 0 Å². The average molecular weight is 328 g/mol. The van der Waals surface area contributed by atoms with E-state index in [-0.39, 0.29) is 5.75 Å². The smallest absolute Gasteiger partial charge is 0.194 e. The predicted molar refractivity (Wildman–Crippen MR) is 85.3 cm³/mol. The number of nitrogens with one attached hydrogen (secondary N) is 1. The van der Waals surface area contributed by atoms with Gasteiger partial charge in [0.1, 0.15) is 6.33 Å². The van der Waals surface area contributed by atoms with Crippen LogP contribution in [0, 0.1) is 0 Å². The molecule has 0 atom stereocenters. The monoisotopic (exact) mass is 328 g/mol. The Morgan fingerprint density at radius 1 is 1.50 bits per heavy atom. The van der Waals surface area contributed by atoms with E-state index in [4.69, 9.17) is 0 Å². The minimum absolute atomic E-state index is 0.145. The number of hydrogen-bond donors (Lipinski definition) is 1. The van der Waals surface area contributed by atoms with Crippen molar-refractivity contribution < 1.29 is 8.42 Å². The maximum atomic E-state index is 12.1. The number of aromatic nitrogens is 3. The molecule has 1 saturated heterocycles. The Morgan fingerprint density at radius 2 is 2.23 bits per heavy atom. The lowest BCUT2D eigenvalue weighted by molar-refractivity contribution is 0.352. The summed E-state index contributed by atoms with van der Waals surface area (Å²) in [7, 11) is -1.36. The maximum Gasteiger partial charge on any atom is 0.194 e. The maximum absolute atomic E-state index is 12.1. The zero-order valence-electron chi connectivity index (χ0n) is 13.6. The van der Waals surface area contributed by atoms with Gasteiger partial charge in [-0.05, 0) is 20.8 Å². The second-order valence-electron chi connectivity index (χ2n) is 5.93. The van der Waals surface area contributed by atoms with Crippen molar-refractivity contribution in [2.24, 2.45) is 4.99 Å². The molecular formula is C13H24N6O2S. The fourth-order valence-electron chi connectivity index (χ4n) is 2.49. The van der Waals surface area contributed by atoms with Gasteiger partial charge in [0, 0.05) is 26.7 Å². The summed E-state index contributed by atoms with van der Waals surface area (Å²) in [4.78, 5) is 6.24. The van der Waals surface area contributed by atoms with Crippen LogP contribution in [-0.4, -0.2) is 64.7 Å². The van der Waals surface area contributed by atoms with Crippen LogP contribution in [0.25, 0.3) is 0 Å². The summed E-state index contributed by atoms with van der Waals surface area (Å²) in [6, 6.07) is 0.